The maximum absolute atomic E-state index is 12.6. The molecule has 0 saturated heterocycles. The van der Waals surface area contributed by atoms with Crippen molar-refractivity contribution < 1.29 is 23.5 Å². The predicted octanol–water partition coefficient (Wildman–Crippen LogP) is 3.75. The van der Waals surface area contributed by atoms with Crippen LogP contribution in [0.4, 0.5) is 5.69 Å². The van der Waals surface area contributed by atoms with Crippen molar-refractivity contribution in [1.29, 1.82) is 0 Å². The Labute approximate surface area is 197 Å². The third-order valence-electron chi connectivity index (χ3n) is 4.41. The van der Waals surface area contributed by atoms with Crippen LogP contribution in [-0.4, -0.2) is 36.7 Å². The van der Waals surface area contributed by atoms with Gasteiger partial charge in [-0.25, -0.2) is 0 Å². The molecule has 3 N–H and O–H groups in total. The minimum atomic E-state index is -0.380. The minimum absolute atomic E-state index is 0.107. The van der Waals surface area contributed by atoms with Gasteiger partial charge in [-0.15, -0.1) is 0 Å². The summed E-state index contributed by atoms with van der Waals surface area (Å²) in [6, 6.07) is 17.1. The molecular weight excluding hydrogens is 442 g/mol. The third kappa shape index (κ3) is 7.74. The van der Waals surface area contributed by atoms with E-state index in [0.717, 1.165) is 0 Å². The summed E-state index contributed by atoms with van der Waals surface area (Å²) in [5.74, 6) is 0.584. The molecule has 0 bridgehead atoms. The zero-order valence-corrected chi connectivity index (χ0v) is 18.9. The monoisotopic (exact) mass is 467 g/mol. The first-order valence-electron chi connectivity index (χ1n) is 10.4. The first kappa shape index (κ1) is 24.0. The van der Waals surface area contributed by atoms with Crippen LogP contribution < -0.4 is 20.7 Å². The van der Waals surface area contributed by atoms with Crippen molar-refractivity contribution in [3.8, 4) is 5.75 Å². The molecule has 1 heterocycles. The Morgan fingerprint density at radius 2 is 1.76 bits per heavy atom. The minimum Gasteiger partial charge on any atom is -0.491 e. The van der Waals surface area contributed by atoms with Crippen molar-refractivity contribution in [2.24, 2.45) is 0 Å². The molecule has 8 nitrogen and oxygen atoms in total. The highest BCUT2D eigenvalue weighted by atomic mass is 32.1. The maximum atomic E-state index is 12.6. The molecule has 0 unspecified atom stereocenters. The molecule has 2 amide bonds. The SMILES string of the molecule is CCOCCOc1cccc(C(=O)NC(=S)Nc2cccc(C(=O)NCc3ccco3)c2)c1. The number of anilines is 1. The van der Waals surface area contributed by atoms with E-state index in [4.69, 9.17) is 26.1 Å². The number of thiocarbonyl (C=S) groups is 1. The topological polar surface area (TPSA) is 102 Å². The van der Waals surface area contributed by atoms with E-state index in [-0.39, 0.29) is 23.5 Å². The van der Waals surface area contributed by atoms with Crippen molar-refractivity contribution in [3.63, 3.8) is 0 Å². The van der Waals surface area contributed by atoms with E-state index in [1.54, 1.807) is 66.9 Å². The van der Waals surface area contributed by atoms with Crippen molar-refractivity contribution in [2.45, 2.75) is 13.5 Å². The van der Waals surface area contributed by atoms with Crippen molar-refractivity contribution in [2.75, 3.05) is 25.1 Å². The highest BCUT2D eigenvalue weighted by Gasteiger charge is 2.11. The van der Waals surface area contributed by atoms with Crippen LogP contribution in [0.5, 0.6) is 5.75 Å². The lowest BCUT2D eigenvalue weighted by Gasteiger charge is -2.12. The van der Waals surface area contributed by atoms with E-state index in [0.29, 0.717) is 48.1 Å². The number of carbonyl (C=O) groups is 2. The van der Waals surface area contributed by atoms with Gasteiger partial charge in [0.15, 0.2) is 5.11 Å². The average Bonchev–Trinajstić information content (AvgIpc) is 3.34. The Bertz CT molecular complexity index is 1090. The van der Waals surface area contributed by atoms with Crippen LogP contribution in [0, 0.1) is 0 Å². The molecule has 33 heavy (non-hydrogen) atoms. The number of ether oxygens (including phenoxy) is 2. The lowest BCUT2D eigenvalue weighted by molar-refractivity contribution is 0.0945. The van der Waals surface area contributed by atoms with Gasteiger partial charge in [-0.05, 0) is 67.7 Å². The quantitative estimate of drug-likeness (QED) is 0.308. The molecule has 172 valence electrons. The van der Waals surface area contributed by atoms with Crippen LogP contribution in [0.25, 0.3) is 0 Å². The molecule has 1 aromatic heterocycles. The third-order valence-corrected chi connectivity index (χ3v) is 4.61. The largest absolute Gasteiger partial charge is 0.491 e. The number of nitrogens with one attached hydrogen (secondary N) is 3. The summed E-state index contributed by atoms with van der Waals surface area (Å²) in [4.78, 5) is 24.9. The molecule has 0 spiro atoms. The fourth-order valence-electron chi connectivity index (χ4n) is 2.85. The molecule has 3 aromatic rings. The standard InChI is InChI=1S/C24H25N3O5S/c1-2-30-12-13-32-20-9-4-7-18(15-20)23(29)27-24(33)26-19-8-3-6-17(14-19)22(28)25-16-21-10-5-11-31-21/h3-11,14-15H,2,12-13,16H2,1H3,(H,25,28)(H2,26,27,29,33). The highest BCUT2D eigenvalue weighted by molar-refractivity contribution is 7.80. The zero-order valence-electron chi connectivity index (χ0n) is 18.1. The van der Waals surface area contributed by atoms with E-state index in [9.17, 15) is 9.59 Å². The van der Waals surface area contributed by atoms with Gasteiger partial charge in [0.05, 0.1) is 19.4 Å². The molecule has 0 radical (unpaired) electrons. The molecule has 0 fully saturated rings. The number of furan rings is 1. The second kappa shape index (κ2) is 12.4. The van der Waals surface area contributed by atoms with Crippen LogP contribution in [0.15, 0.2) is 71.3 Å². The van der Waals surface area contributed by atoms with Crippen LogP contribution in [0.1, 0.15) is 33.4 Å². The Balaban J connectivity index is 1.52. The molecular formula is C24H25N3O5S. The average molecular weight is 468 g/mol. The number of carbonyl (C=O) groups excluding carboxylic acids is 2. The summed E-state index contributed by atoms with van der Waals surface area (Å²) in [6.07, 6.45) is 1.55. The van der Waals surface area contributed by atoms with Crippen LogP contribution in [-0.2, 0) is 11.3 Å². The predicted molar refractivity (Wildman–Crippen MR) is 128 cm³/mol. The smallest absolute Gasteiger partial charge is 0.257 e. The number of rotatable bonds is 10. The molecule has 0 aliphatic carbocycles. The number of amides is 2. The van der Waals surface area contributed by atoms with E-state index in [1.165, 1.54) is 0 Å². The summed E-state index contributed by atoms with van der Waals surface area (Å²) in [6.45, 7) is 3.68. The zero-order chi connectivity index (χ0) is 23.5. The van der Waals surface area contributed by atoms with Crippen molar-refractivity contribution >= 4 is 34.8 Å². The Morgan fingerprint density at radius 1 is 0.970 bits per heavy atom. The summed E-state index contributed by atoms with van der Waals surface area (Å²) in [5, 5.41) is 8.44. The van der Waals surface area contributed by atoms with E-state index >= 15 is 0 Å². The summed E-state index contributed by atoms with van der Waals surface area (Å²) in [5.41, 5.74) is 1.41. The second-order valence-corrected chi connectivity index (χ2v) is 7.23. The van der Waals surface area contributed by atoms with Gasteiger partial charge < -0.3 is 24.5 Å². The fourth-order valence-corrected chi connectivity index (χ4v) is 3.06. The molecule has 0 atom stereocenters. The molecule has 2 aromatic carbocycles. The highest BCUT2D eigenvalue weighted by Crippen LogP contribution is 2.14. The fraction of sp³-hybridized carbons (Fsp3) is 0.208. The second-order valence-electron chi connectivity index (χ2n) is 6.82. The lowest BCUT2D eigenvalue weighted by atomic mass is 10.2. The van der Waals surface area contributed by atoms with Gasteiger partial charge in [0.2, 0.25) is 0 Å². The van der Waals surface area contributed by atoms with Gasteiger partial charge in [0.1, 0.15) is 18.1 Å². The van der Waals surface area contributed by atoms with Gasteiger partial charge in [0.25, 0.3) is 11.8 Å². The first-order chi connectivity index (χ1) is 16.0. The van der Waals surface area contributed by atoms with Gasteiger partial charge >= 0.3 is 0 Å². The van der Waals surface area contributed by atoms with Crippen molar-refractivity contribution in [3.05, 3.63) is 83.8 Å². The van der Waals surface area contributed by atoms with Gasteiger partial charge in [0, 0.05) is 23.4 Å². The number of benzene rings is 2. The van der Waals surface area contributed by atoms with E-state index in [2.05, 4.69) is 16.0 Å². The lowest BCUT2D eigenvalue weighted by Crippen LogP contribution is -2.34. The molecule has 0 saturated carbocycles. The summed E-state index contributed by atoms with van der Waals surface area (Å²) in [7, 11) is 0. The van der Waals surface area contributed by atoms with Gasteiger partial charge in [-0.2, -0.15) is 0 Å². The van der Waals surface area contributed by atoms with Crippen LogP contribution in [0.3, 0.4) is 0 Å². The Kier molecular flexibility index (Phi) is 8.98. The number of hydrogen-bond donors (Lipinski definition) is 3. The Hall–Kier alpha value is -3.69. The van der Waals surface area contributed by atoms with E-state index in [1.807, 2.05) is 6.92 Å². The summed E-state index contributed by atoms with van der Waals surface area (Å²) < 4.78 is 16.0. The maximum Gasteiger partial charge on any atom is 0.257 e. The van der Waals surface area contributed by atoms with Gasteiger partial charge in [-0.1, -0.05) is 12.1 Å². The molecule has 3 rings (SSSR count). The molecule has 0 aliphatic rings. The van der Waals surface area contributed by atoms with Crippen LogP contribution in [0.2, 0.25) is 0 Å². The summed E-state index contributed by atoms with van der Waals surface area (Å²) >= 11 is 5.25. The van der Waals surface area contributed by atoms with Gasteiger partial charge in [-0.3, -0.25) is 14.9 Å². The van der Waals surface area contributed by atoms with Crippen LogP contribution >= 0.6 is 12.2 Å². The first-order valence-corrected chi connectivity index (χ1v) is 10.8. The molecule has 9 heteroatoms. The number of hydrogen-bond acceptors (Lipinski definition) is 6. The Morgan fingerprint density at radius 3 is 2.52 bits per heavy atom. The normalized spacial score (nSPS) is 10.3. The molecule has 0 aliphatic heterocycles. The van der Waals surface area contributed by atoms with E-state index < -0.39 is 0 Å². The van der Waals surface area contributed by atoms with Crippen molar-refractivity contribution in [1.82, 2.24) is 10.6 Å².